The van der Waals surface area contributed by atoms with Gasteiger partial charge < -0.3 is 9.47 Å². The monoisotopic (exact) mass is 428 g/mol. The van der Waals surface area contributed by atoms with Crippen molar-refractivity contribution in [2.45, 2.75) is 38.9 Å². The van der Waals surface area contributed by atoms with Crippen LogP contribution in [0.3, 0.4) is 0 Å². The Labute approximate surface area is 144 Å². The zero-order valence-electron chi connectivity index (χ0n) is 11.5. The zero-order valence-corrected chi connectivity index (χ0v) is 15.2. The van der Waals surface area contributed by atoms with Crippen molar-refractivity contribution in [3.63, 3.8) is 0 Å². The fourth-order valence-corrected chi connectivity index (χ4v) is 3.21. The second kappa shape index (κ2) is 8.18. The molecule has 0 aliphatic carbocycles. The first kappa shape index (κ1) is 16.8. The summed E-state index contributed by atoms with van der Waals surface area (Å²) in [5.41, 5.74) is 1.13. The minimum absolute atomic E-state index is 0.0973. The summed E-state index contributed by atoms with van der Waals surface area (Å²) >= 11 is 14.4. The van der Waals surface area contributed by atoms with Crippen LogP contribution in [0.2, 0.25) is 10.0 Å². The number of benzene rings is 1. The molecule has 0 aromatic heterocycles. The van der Waals surface area contributed by atoms with Gasteiger partial charge in [-0.2, -0.15) is 0 Å². The van der Waals surface area contributed by atoms with E-state index in [1.807, 2.05) is 12.1 Å². The molecular weight excluding hydrogens is 410 g/mol. The summed E-state index contributed by atoms with van der Waals surface area (Å²) in [5, 5.41) is 1.42. The summed E-state index contributed by atoms with van der Waals surface area (Å²) in [4.78, 5) is 0. The van der Waals surface area contributed by atoms with Crippen molar-refractivity contribution < 1.29 is 9.47 Å². The highest BCUT2D eigenvalue weighted by molar-refractivity contribution is 14.1. The van der Waals surface area contributed by atoms with Gasteiger partial charge >= 0.3 is 0 Å². The molecule has 5 heteroatoms. The Morgan fingerprint density at radius 2 is 1.75 bits per heavy atom. The number of hydrogen-bond acceptors (Lipinski definition) is 2. The van der Waals surface area contributed by atoms with Gasteiger partial charge in [-0.15, -0.1) is 0 Å². The predicted octanol–water partition coefficient (Wildman–Crippen LogP) is 5.32. The fraction of sp³-hybridized carbons (Fsp3) is 0.600. The lowest BCUT2D eigenvalue weighted by molar-refractivity contribution is -0.203. The number of aryl methyl sites for hydroxylation is 1. The lowest BCUT2D eigenvalue weighted by Gasteiger charge is -2.29. The average molecular weight is 429 g/mol. The summed E-state index contributed by atoms with van der Waals surface area (Å²) in [6, 6.07) is 3.94. The molecule has 2 rings (SSSR count). The van der Waals surface area contributed by atoms with Gasteiger partial charge in [0, 0.05) is 12.3 Å². The van der Waals surface area contributed by atoms with E-state index in [-0.39, 0.29) is 6.29 Å². The van der Waals surface area contributed by atoms with Crippen molar-refractivity contribution in [2.24, 2.45) is 5.92 Å². The highest BCUT2D eigenvalue weighted by Crippen LogP contribution is 2.29. The summed E-state index contributed by atoms with van der Waals surface area (Å²) in [7, 11) is 0. The fourth-order valence-electron chi connectivity index (χ4n) is 2.36. The molecule has 1 aliphatic rings. The van der Waals surface area contributed by atoms with Crippen LogP contribution in [0.25, 0.3) is 0 Å². The third kappa shape index (κ3) is 4.73. The van der Waals surface area contributed by atoms with E-state index >= 15 is 0 Å². The SMILES string of the molecule is CCCC1COC(CCc2cc(Cl)c(I)c(Cl)c2)OC1. The molecular formula is C15H19Cl2IO2. The van der Waals surface area contributed by atoms with E-state index in [1.54, 1.807) is 0 Å². The molecule has 1 heterocycles. The van der Waals surface area contributed by atoms with Crippen LogP contribution in [0.5, 0.6) is 0 Å². The van der Waals surface area contributed by atoms with Gasteiger partial charge in [0.25, 0.3) is 0 Å². The van der Waals surface area contributed by atoms with Gasteiger partial charge in [0.2, 0.25) is 0 Å². The van der Waals surface area contributed by atoms with Crippen LogP contribution >= 0.6 is 45.8 Å². The third-order valence-corrected chi connectivity index (χ3v) is 5.84. The molecule has 0 amide bonds. The summed E-state index contributed by atoms with van der Waals surface area (Å²) in [5.74, 6) is 0.554. The van der Waals surface area contributed by atoms with E-state index in [0.29, 0.717) is 16.0 Å². The van der Waals surface area contributed by atoms with Crippen molar-refractivity contribution in [3.05, 3.63) is 31.3 Å². The molecule has 0 saturated carbocycles. The summed E-state index contributed by atoms with van der Waals surface area (Å²) < 4.78 is 12.4. The average Bonchev–Trinajstić information content (AvgIpc) is 2.44. The first-order valence-corrected chi connectivity index (χ1v) is 8.80. The molecule has 1 saturated heterocycles. The summed E-state index contributed by atoms with van der Waals surface area (Å²) in [6.45, 7) is 3.82. The molecule has 112 valence electrons. The van der Waals surface area contributed by atoms with Crippen LogP contribution in [0.4, 0.5) is 0 Å². The molecule has 0 radical (unpaired) electrons. The third-order valence-electron chi connectivity index (χ3n) is 3.44. The minimum Gasteiger partial charge on any atom is -0.352 e. The number of hydrogen-bond donors (Lipinski definition) is 0. The molecule has 0 atom stereocenters. The minimum atomic E-state index is -0.0973. The van der Waals surface area contributed by atoms with Crippen LogP contribution < -0.4 is 0 Å². The Morgan fingerprint density at radius 1 is 1.15 bits per heavy atom. The van der Waals surface area contributed by atoms with Gasteiger partial charge in [-0.3, -0.25) is 0 Å². The molecule has 1 aromatic rings. The van der Waals surface area contributed by atoms with Gasteiger partial charge in [0.15, 0.2) is 6.29 Å². The molecule has 0 unspecified atom stereocenters. The zero-order chi connectivity index (χ0) is 14.5. The quantitative estimate of drug-likeness (QED) is 0.466. The predicted molar refractivity (Wildman–Crippen MR) is 91.6 cm³/mol. The van der Waals surface area contributed by atoms with Crippen molar-refractivity contribution in [3.8, 4) is 0 Å². The maximum atomic E-state index is 6.14. The van der Waals surface area contributed by atoms with Crippen molar-refractivity contribution in [2.75, 3.05) is 13.2 Å². The maximum Gasteiger partial charge on any atom is 0.157 e. The van der Waals surface area contributed by atoms with Gasteiger partial charge in [0.05, 0.1) is 26.8 Å². The topological polar surface area (TPSA) is 18.5 Å². The van der Waals surface area contributed by atoms with E-state index in [1.165, 1.54) is 12.8 Å². The summed E-state index contributed by atoms with van der Waals surface area (Å²) in [6.07, 6.45) is 3.96. The van der Waals surface area contributed by atoms with Crippen LogP contribution in [-0.2, 0) is 15.9 Å². The van der Waals surface area contributed by atoms with Gasteiger partial charge in [0.1, 0.15) is 0 Å². The van der Waals surface area contributed by atoms with Gasteiger partial charge in [-0.1, -0.05) is 36.5 Å². The lowest BCUT2D eigenvalue weighted by atomic mass is 10.0. The van der Waals surface area contributed by atoms with Gasteiger partial charge in [-0.05, 0) is 53.1 Å². The van der Waals surface area contributed by atoms with E-state index < -0.39 is 0 Å². The molecule has 2 nitrogen and oxygen atoms in total. The van der Waals surface area contributed by atoms with Crippen LogP contribution in [0.15, 0.2) is 12.1 Å². The largest absolute Gasteiger partial charge is 0.352 e. The Balaban J connectivity index is 1.82. The van der Waals surface area contributed by atoms with Crippen molar-refractivity contribution in [1.29, 1.82) is 0 Å². The molecule has 0 spiro atoms. The van der Waals surface area contributed by atoms with E-state index in [2.05, 4.69) is 29.5 Å². The van der Waals surface area contributed by atoms with Crippen molar-refractivity contribution >= 4 is 45.8 Å². The van der Waals surface area contributed by atoms with Crippen LogP contribution in [0.1, 0.15) is 31.7 Å². The molecule has 20 heavy (non-hydrogen) atoms. The second-order valence-corrected chi connectivity index (χ2v) is 7.06. The highest BCUT2D eigenvalue weighted by Gasteiger charge is 2.21. The first-order valence-electron chi connectivity index (χ1n) is 6.96. The van der Waals surface area contributed by atoms with E-state index in [0.717, 1.165) is 35.2 Å². The molecule has 1 fully saturated rings. The standard InChI is InChI=1S/C15H19Cl2IO2/c1-2-3-11-8-19-14(20-9-11)5-4-10-6-12(16)15(18)13(17)7-10/h6-7,11,14H,2-5,8-9H2,1H3. The van der Waals surface area contributed by atoms with E-state index in [9.17, 15) is 0 Å². The Kier molecular flexibility index (Phi) is 6.88. The Hall–Kier alpha value is 0.450. The van der Waals surface area contributed by atoms with Gasteiger partial charge in [-0.25, -0.2) is 0 Å². The van der Waals surface area contributed by atoms with Crippen LogP contribution in [-0.4, -0.2) is 19.5 Å². The number of rotatable bonds is 5. The smallest absolute Gasteiger partial charge is 0.157 e. The molecule has 0 N–H and O–H groups in total. The normalized spacial score (nSPS) is 23.0. The van der Waals surface area contributed by atoms with Crippen LogP contribution in [0, 0.1) is 9.49 Å². The number of halogens is 3. The maximum absolute atomic E-state index is 6.14. The first-order chi connectivity index (χ1) is 9.60. The second-order valence-electron chi connectivity index (χ2n) is 5.16. The Morgan fingerprint density at radius 3 is 2.30 bits per heavy atom. The molecule has 0 bridgehead atoms. The lowest BCUT2D eigenvalue weighted by Crippen LogP contribution is -2.32. The molecule has 1 aromatic carbocycles. The number of ether oxygens (including phenoxy) is 2. The van der Waals surface area contributed by atoms with Crippen molar-refractivity contribution in [1.82, 2.24) is 0 Å². The van der Waals surface area contributed by atoms with E-state index in [4.69, 9.17) is 32.7 Å². The molecule has 1 aliphatic heterocycles. The highest BCUT2D eigenvalue weighted by atomic mass is 127. The Bertz CT molecular complexity index is 422.